The SMILES string of the molecule is Cc1nnc2n1-c1ccc(N=O)cc1C(c1ccccc1Cl)=NC2. The zero-order valence-electron chi connectivity index (χ0n) is 12.8. The molecule has 1 aliphatic heterocycles. The monoisotopic (exact) mass is 337 g/mol. The predicted molar refractivity (Wildman–Crippen MR) is 92.3 cm³/mol. The number of hydrogen-bond donors (Lipinski definition) is 0. The lowest BCUT2D eigenvalue weighted by Gasteiger charge is -2.13. The van der Waals surface area contributed by atoms with E-state index in [-0.39, 0.29) is 0 Å². The zero-order chi connectivity index (χ0) is 16.7. The molecule has 1 aromatic heterocycles. The third kappa shape index (κ3) is 2.23. The first-order chi connectivity index (χ1) is 11.7. The van der Waals surface area contributed by atoms with E-state index >= 15 is 0 Å². The second-order valence-corrected chi connectivity index (χ2v) is 5.84. The number of halogens is 1. The average Bonchev–Trinajstić information content (AvgIpc) is 2.88. The van der Waals surface area contributed by atoms with Crippen LogP contribution in [0.1, 0.15) is 22.8 Å². The molecule has 0 spiro atoms. The van der Waals surface area contributed by atoms with E-state index in [1.54, 1.807) is 12.1 Å². The molecule has 0 saturated heterocycles. The summed E-state index contributed by atoms with van der Waals surface area (Å²) in [6.07, 6.45) is 0. The number of hydrogen-bond acceptors (Lipinski definition) is 5. The summed E-state index contributed by atoms with van der Waals surface area (Å²) in [6, 6.07) is 12.7. The smallest absolute Gasteiger partial charge is 0.159 e. The molecular formula is C17H12ClN5O. The average molecular weight is 338 g/mol. The molecule has 0 N–H and O–H groups in total. The number of fused-ring (bicyclic) bond motifs is 3. The molecule has 0 unspecified atom stereocenters. The number of rotatable bonds is 2. The fraction of sp³-hybridized carbons (Fsp3) is 0.118. The van der Waals surface area contributed by atoms with E-state index in [9.17, 15) is 4.91 Å². The van der Waals surface area contributed by atoms with Crippen LogP contribution in [0, 0.1) is 11.8 Å². The minimum atomic E-state index is 0.336. The van der Waals surface area contributed by atoms with E-state index in [1.165, 1.54) is 0 Å². The van der Waals surface area contributed by atoms with Crippen molar-refractivity contribution in [2.75, 3.05) is 0 Å². The van der Waals surface area contributed by atoms with Crippen LogP contribution in [0.3, 0.4) is 0 Å². The molecule has 24 heavy (non-hydrogen) atoms. The van der Waals surface area contributed by atoms with E-state index in [0.717, 1.165) is 28.5 Å². The molecule has 6 nitrogen and oxygen atoms in total. The number of nitrogens with zero attached hydrogens (tertiary/aromatic N) is 5. The first-order valence-corrected chi connectivity index (χ1v) is 7.75. The largest absolute Gasteiger partial charge is 0.281 e. The Morgan fingerprint density at radius 2 is 1.96 bits per heavy atom. The molecule has 0 saturated carbocycles. The van der Waals surface area contributed by atoms with Gasteiger partial charge in [-0.05, 0) is 36.4 Å². The Kier molecular flexibility index (Phi) is 3.46. The van der Waals surface area contributed by atoms with Gasteiger partial charge < -0.3 is 0 Å². The van der Waals surface area contributed by atoms with Gasteiger partial charge >= 0.3 is 0 Å². The van der Waals surface area contributed by atoms with Crippen LogP contribution in [0.15, 0.2) is 52.6 Å². The van der Waals surface area contributed by atoms with E-state index in [2.05, 4.69) is 15.4 Å². The molecule has 0 atom stereocenters. The Hall–Kier alpha value is -2.86. The quantitative estimate of drug-likeness (QED) is 0.664. The Bertz CT molecular complexity index is 992. The summed E-state index contributed by atoms with van der Waals surface area (Å²) in [5, 5.41) is 12.0. The lowest BCUT2D eigenvalue weighted by Crippen LogP contribution is -2.08. The Morgan fingerprint density at radius 3 is 2.75 bits per heavy atom. The summed E-state index contributed by atoms with van der Waals surface area (Å²) < 4.78 is 1.94. The fourth-order valence-electron chi connectivity index (χ4n) is 2.91. The number of aliphatic imine (C=N–C) groups is 1. The third-order valence-electron chi connectivity index (χ3n) is 3.98. The van der Waals surface area contributed by atoms with Crippen molar-refractivity contribution in [3.63, 3.8) is 0 Å². The molecule has 7 heteroatoms. The van der Waals surface area contributed by atoms with Crippen molar-refractivity contribution >= 4 is 23.0 Å². The minimum Gasteiger partial charge on any atom is -0.281 e. The van der Waals surface area contributed by atoms with Gasteiger partial charge in [-0.3, -0.25) is 9.56 Å². The maximum atomic E-state index is 11.0. The molecule has 0 aliphatic carbocycles. The second-order valence-electron chi connectivity index (χ2n) is 5.44. The van der Waals surface area contributed by atoms with Crippen molar-refractivity contribution < 1.29 is 0 Å². The van der Waals surface area contributed by atoms with Gasteiger partial charge in [0.1, 0.15) is 18.1 Å². The molecule has 0 bridgehead atoms. The predicted octanol–water partition coefficient (Wildman–Crippen LogP) is 3.98. The van der Waals surface area contributed by atoms with E-state index in [4.69, 9.17) is 16.6 Å². The highest BCUT2D eigenvalue weighted by Gasteiger charge is 2.23. The van der Waals surface area contributed by atoms with Crippen LogP contribution in [0.4, 0.5) is 5.69 Å². The first-order valence-electron chi connectivity index (χ1n) is 7.37. The maximum Gasteiger partial charge on any atom is 0.159 e. The van der Waals surface area contributed by atoms with E-state index in [0.29, 0.717) is 23.0 Å². The first kappa shape index (κ1) is 14.7. The molecule has 4 rings (SSSR count). The topological polar surface area (TPSA) is 72.5 Å². The van der Waals surface area contributed by atoms with Crippen molar-refractivity contribution in [2.24, 2.45) is 10.2 Å². The van der Waals surface area contributed by atoms with Gasteiger partial charge in [-0.25, -0.2) is 0 Å². The summed E-state index contributed by atoms with van der Waals surface area (Å²) >= 11 is 6.37. The number of aromatic nitrogens is 3. The van der Waals surface area contributed by atoms with E-state index < -0.39 is 0 Å². The van der Waals surface area contributed by atoms with Crippen LogP contribution in [-0.2, 0) is 6.54 Å². The highest BCUT2D eigenvalue weighted by molar-refractivity contribution is 6.35. The number of benzene rings is 2. The van der Waals surface area contributed by atoms with Crippen molar-refractivity contribution in [1.82, 2.24) is 14.8 Å². The fourth-order valence-corrected chi connectivity index (χ4v) is 3.13. The van der Waals surface area contributed by atoms with Gasteiger partial charge in [-0.15, -0.1) is 15.1 Å². The van der Waals surface area contributed by atoms with Crippen molar-refractivity contribution in [3.05, 3.63) is 75.2 Å². The van der Waals surface area contributed by atoms with Crippen LogP contribution in [-0.4, -0.2) is 20.5 Å². The second kappa shape index (κ2) is 5.65. The third-order valence-corrected chi connectivity index (χ3v) is 4.31. The molecule has 2 aromatic carbocycles. The van der Waals surface area contributed by atoms with Gasteiger partial charge in [-0.1, -0.05) is 29.8 Å². The highest BCUT2D eigenvalue weighted by atomic mass is 35.5. The molecule has 3 aromatic rings. The van der Waals surface area contributed by atoms with Crippen molar-refractivity contribution in [3.8, 4) is 5.69 Å². The van der Waals surface area contributed by atoms with Gasteiger partial charge in [0.05, 0.1) is 11.4 Å². The zero-order valence-corrected chi connectivity index (χ0v) is 13.5. The Balaban J connectivity index is 2.03. The Morgan fingerprint density at radius 1 is 1.12 bits per heavy atom. The molecule has 1 aliphatic rings. The van der Waals surface area contributed by atoms with Gasteiger partial charge in [0, 0.05) is 16.1 Å². The molecular weight excluding hydrogens is 326 g/mol. The van der Waals surface area contributed by atoms with Crippen LogP contribution in [0.5, 0.6) is 0 Å². The van der Waals surface area contributed by atoms with Gasteiger partial charge in [-0.2, -0.15) is 0 Å². The number of aryl methyl sites for hydroxylation is 1. The van der Waals surface area contributed by atoms with Crippen LogP contribution < -0.4 is 0 Å². The summed E-state index contributed by atoms with van der Waals surface area (Å²) in [5.74, 6) is 1.50. The summed E-state index contributed by atoms with van der Waals surface area (Å²) in [4.78, 5) is 15.7. The molecule has 2 heterocycles. The van der Waals surface area contributed by atoms with Gasteiger partial charge in [0.25, 0.3) is 0 Å². The summed E-state index contributed by atoms with van der Waals surface area (Å²) in [7, 11) is 0. The van der Waals surface area contributed by atoms with Crippen molar-refractivity contribution in [2.45, 2.75) is 13.5 Å². The minimum absolute atomic E-state index is 0.336. The molecule has 118 valence electrons. The Labute approximate surface area is 142 Å². The van der Waals surface area contributed by atoms with Gasteiger partial charge in [0.2, 0.25) is 0 Å². The molecule has 0 amide bonds. The molecule has 0 fully saturated rings. The normalized spacial score (nSPS) is 12.8. The molecule has 0 radical (unpaired) electrons. The van der Waals surface area contributed by atoms with Crippen LogP contribution >= 0.6 is 11.6 Å². The van der Waals surface area contributed by atoms with E-state index in [1.807, 2.05) is 41.8 Å². The standard InChI is InChI=1S/C17H12ClN5O/c1-10-20-21-16-9-19-17(12-4-2-3-5-14(12)18)13-8-11(22-24)6-7-15(13)23(10)16/h2-8H,9H2,1H3. The van der Waals surface area contributed by atoms with Crippen LogP contribution in [0.2, 0.25) is 5.02 Å². The highest BCUT2D eigenvalue weighted by Crippen LogP contribution is 2.30. The lowest BCUT2D eigenvalue weighted by atomic mass is 9.99. The number of nitroso groups, excluding NO2 is 1. The lowest BCUT2D eigenvalue weighted by molar-refractivity contribution is 0.861. The summed E-state index contributed by atoms with van der Waals surface area (Å²) in [6.45, 7) is 2.26. The van der Waals surface area contributed by atoms with Crippen molar-refractivity contribution in [1.29, 1.82) is 0 Å². The van der Waals surface area contributed by atoms with Gasteiger partial charge in [0.15, 0.2) is 5.82 Å². The van der Waals surface area contributed by atoms with Crippen LogP contribution in [0.25, 0.3) is 5.69 Å². The summed E-state index contributed by atoms with van der Waals surface area (Å²) in [5.41, 5.74) is 3.49. The maximum absolute atomic E-state index is 11.0.